The van der Waals surface area contributed by atoms with Gasteiger partial charge in [0.25, 0.3) is 0 Å². The third-order valence-corrected chi connectivity index (χ3v) is 5.53. The number of benzene rings is 1. The molecule has 0 saturated carbocycles. The molecule has 0 aliphatic carbocycles. The lowest BCUT2D eigenvalue weighted by Gasteiger charge is -2.23. The summed E-state index contributed by atoms with van der Waals surface area (Å²) in [5.41, 5.74) is 1.87. The van der Waals surface area contributed by atoms with Gasteiger partial charge in [-0.05, 0) is 31.5 Å². The molecule has 10 heteroatoms. The molecule has 0 aliphatic rings. The topological polar surface area (TPSA) is 87.7 Å². The van der Waals surface area contributed by atoms with Gasteiger partial charge in [-0.25, -0.2) is 4.79 Å². The van der Waals surface area contributed by atoms with Crippen molar-refractivity contribution >= 4 is 58.4 Å². The van der Waals surface area contributed by atoms with Crippen molar-refractivity contribution in [2.24, 2.45) is 0 Å². The predicted molar refractivity (Wildman–Crippen MR) is 133 cm³/mol. The molecule has 0 aliphatic heterocycles. The largest absolute Gasteiger partial charge is 0.467 e. The number of carbonyl (C=O) groups is 3. The molecule has 0 saturated heterocycles. The number of ether oxygens (including phenoxy) is 1. The van der Waals surface area contributed by atoms with Crippen molar-refractivity contribution < 1.29 is 19.1 Å². The van der Waals surface area contributed by atoms with Crippen molar-refractivity contribution in [3.05, 3.63) is 36.2 Å². The molecular weight excluding hydrogens is 473 g/mol. The Morgan fingerprint density at radius 3 is 2.25 bits per heavy atom. The number of thioether (sulfide) groups is 1. The molecule has 179 valence electrons. The minimum absolute atomic E-state index is 0.0608. The van der Waals surface area contributed by atoms with E-state index >= 15 is 0 Å². The quantitative estimate of drug-likeness (QED) is 0.217. The van der Waals surface area contributed by atoms with Crippen LogP contribution in [-0.4, -0.2) is 73.3 Å². The summed E-state index contributed by atoms with van der Waals surface area (Å²) in [6.07, 6.45) is 1.80. The zero-order chi connectivity index (χ0) is 23.9. The second kappa shape index (κ2) is 16.0. The summed E-state index contributed by atoms with van der Waals surface area (Å²) in [6.45, 7) is 5.12. The minimum Gasteiger partial charge on any atom is -0.467 e. The number of methoxy groups -OCH3 is 1. The van der Waals surface area contributed by atoms with Gasteiger partial charge in [-0.2, -0.15) is 11.8 Å². The zero-order valence-electron chi connectivity index (χ0n) is 18.7. The third kappa shape index (κ3) is 11.3. The lowest BCUT2D eigenvalue weighted by atomic mass is 10.1. The fourth-order valence-electron chi connectivity index (χ4n) is 2.85. The van der Waals surface area contributed by atoms with Gasteiger partial charge >= 0.3 is 5.97 Å². The number of hydrogen-bond donors (Lipinski definition) is 2. The molecule has 0 aromatic heterocycles. The summed E-state index contributed by atoms with van der Waals surface area (Å²) in [6, 6.07) is 6.96. The fourth-order valence-corrected chi connectivity index (χ4v) is 3.92. The summed E-state index contributed by atoms with van der Waals surface area (Å²) < 4.78 is 4.85. The first-order chi connectivity index (χ1) is 15.3. The smallest absolute Gasteiger partial charge is 0.328 e. The molecule has 1 aromatic rings. The van der Waals surface area contributed by atoms with Gasteiger partial charge < -0.3 is 20.3 Å². The van der Waals surface area contributed by atoms with E-state index in [0.29, 0.717) is 37.0 Å². The van der Waals surface area contributed by atoms with Crippen LogP contribution >= 0.6 is 35.0 Å². The zero-order valence-corrected chi connectivity index (χ0v) is 21.1. The molecule has 32 heavy (non-hydrogen) atoms. The van der Waals surface area contributed by atoms with Crippen molar-refractivity contribution in [2.45, 2.75) is 32.4 Å². The van der Waals surface area contributed by atoms with E-state index in [1.54, 1.807) is 0 Å². The average molecular weight is 505 g/mol. The summed E-state index contributed by atoms with van der Waals surface area (Å²) in [5.74, 6) is 0.539. The Morgan fingerprint density at radius 2 is 1.72 bits per heavy atom. The van der Waals surface area contributed by atoms with Crippen molar-refractivity contribution in [3.8, 4) is 0 Å². The molecule has 0 spiro atoms. The number of alkyl halides is 2. The van der Waals surface area contributed by atoms with Crippen LogP contribution in [0.3, 0.4) is 0 Å². The monoisotopic (exact) mass is 504 g/mol. The molecule has 0 fully saturated rings. The lowest BCUT2D eigenvalue weighted by Crippen LogP contribution is -2.43. The maximum atomic E-state index is 12.3. The maximum Gasteiger partial charge on any atom is 0.328 e. The Labute approximate surface area is 204 Å². The van der Waals surface area contributed by atoms with Gasteiger partial charge in [0.05, 0.1) is 19.3 Å². The lowest BCUT2D eigenvalue weighted by molar-refractivity contribution is -0.144. The fraction of sp³-hybridized carbons (Fsp3) is 0.545. The molecule has 1 unspecified atom stereocenters. The van der Waals surface area contributed by atoms with Crippen LogP contribution in [0.4, 0.5) is 5.69 Å². The van der Waals surface area contributed by atoms with E-state index in [1.807, 2.05) is 38.1 Å². The van der Waals surface area contributed by atoms with Crippen LogP contribution in [0.2, 0.25) is 0 Å². The predicted octanol–water partition coefficient (Wildman–Crippen LogP) is 2.63. The molecule has 7 nitrogen and oxygen atoms in total. The van der Waals surface area contributed by atoms with E-state index in [0.717, 1.165) is 11.3 Å². The van der Waals surface area contributed by atoms with E-state index in [9.17, 15) is 14.4 Å². The minimum atomic E-state index is -0.797. The molecule has 1 radical (unpaired) electrons. The molecule has 1 atom stereocenters. The molecule has 0 heterocycles. The van der Waals surface area contributed by atoms with Crippen molar-refractivity contribution in [1.29, 1.82) is 0 Å². The van der Waals surface area contributed by atoms with Gasteiger partial charge in [-0.1, -0.05) is 12.1 Å². The summed E-state index contributed by atoms with van der Waals surface area (Å²) in [5, 5.41) is 5.47. The van der Waals surface area contributed by atoms with Crippen LogP contribution in [0, 0.1) is 6.42 Å². The van der Waals surface area contributed by atoms with Crippen LogP contribution in [0.1, 0.15) is 19.4 Å². The number of carbonyl (C=O) groups excluding carboxylic acids is 3. The third-order valence-electron chi connectivity index (χ3n) is 4.32. The number of rotatable bonds is 15. The molecule has 2 amide bonds. The number of amides is 2. The van der Waals surface area contributed by atoms with Gasteiger partial charge in [0, 0.05) is 48.8 Å². The number of esters is 1. The summed E-state index contributed by atoms with van der Waals surface area (Å²) in [4.78, 5) is 38.1. The van der Waals surface area contributed by atoms with Gasteiger partial charge in [0.1, 0.15) is 6.04 Å². The van der Waals surface area contributed by atoms with E-state index < -0.39 is 12.0 Å². The van der Waals surface area contributed by atoms with Gasteiger partial charge in [-0.3, -0.25) is 9.59 Å². The van der Waals surface area contributed by atoms with E-state index in [4.69, 9.17) is 27.9 Å². The Kier molecular flexibility index (Phi) is 14.2. The highest BCUT2D eigenvalue weighted by molar-refractivity contribution is 8.00. The van der Waals surface area contributed by atoms with Gasteiger partial charge in [-0.15, -0.1) is 23.2 Å². The Balaban J connectivity index is 2.61. The molecule has 0 bridgehead atoms. The highest BCUT2D eigenvalue weighted by Gasteiger charge is 2.22. The van der Waals surface area contributed by atoms with E-state index in [2.05, 4.69) is 15.5 Å². The van der Waals surface area contributed by atoms with Crippen LogP contribution in [-0.2, 0) is 25.5 Å². The highest BCUT2D eigenvalue weighted by atomic mass is 35.5. The first kappa shape index (κ1) is 28.4. The van der Waals surface area contributed by atoms with Crippen LogP contribution < -0.4 is 15.5 Å². The summed E-state index contributed by atoms with van der Waals surface area (Å²) in [7, 11) is 1.29. The molecule has 1 rings (SSSR count). The summed E-state index contributed by atoms with van der Waals surface area (Å²) >= 11 is 13.0. The van der Waals surface area contributed by atoms with E-state index in [1.165, 1.54) is 25.3 Å². The van der Waals surface area contributed by atoms with Crippen LogP contribution in [0.5, 0.6) is 0 Å². The van der Waals surface area contributed by atoms with Crippen molar-refractivity contribution in [2.75, 3.05) is 48.4 Å². The first-order valence-corrected chi connectivity index (χ1v) is 12.6. The van der Waals surface area contributed by atoms with Gasteiger partial charge in [0.15, 0.2) is 0 Å². The molecule has 1 aromatic carbocycles. The molecular formula is C22H32Cl2N3O4S. The number of anilines is 1. The Hall–Kier alpha value is -1.64. The van der Waals surface area contributed by atoms with Crippen molar-refractivity contribution in [1.82, 2.24) is 10.6 Å². The average Bonchev–Trinajstić information content (AvgIpc) is 2.75. The second-order valence-electron chi connectivity index (χ2n) is 7.26. The Morgan fingerprint density at radius 1 is 1.09 bits per heavy atom. The van der Waals surface area contributed by atoms with Gasteiger partial charge in [0.2, 0.25) is 11.8 Å². The Bertz CT molecular complexity index is 714. The highest BCUT2D eigenvalue weighted by Crippen LogP contribution is 2.17. The standard InChI is InChI=1S/C22H32Cl2N3O4S/c1-16(2)25-20(28)8-13-32-15-21(29)26-19(22(30)31-3)14-17-4-6-18(7-5-17)27(11-9-23)12-10-24/h4-8,16,19H,9-15H2,1-3H3,(H,25,28)(H,26,29). The molecule has 2 N–H and O–H groups in total. The number of halogens is 2. The van der Waals surface area contributed by atoms with E-state index in [-0.39, 0.29) is 23.6 Å². The SMILES string of the molecule is COC(=O)C(Cc1ccc(N(CCCl)CCCl)cc1)NC(=O)CSC[CH]C(=O)NC(C)C. The first-order valence-electron chi connectivity index (χ1n) is 10.3. The van der Waals surface area contributed by atoms with Crippen LogP contribution in [0.15, 0.2) is 24.3 Å². The van der Waals surface area contributed by atoms with Crippen LogP contribution in [0.25, 0.3) is 0 Å². The normalized spacial score (nSPS) is 11.7. The maximum absolute atomic E-state index is 12.3. The number of nitrogens with zero attached hydrogens (tertiary/aromatic N) is 1. The number of nitrogens with one attached hydrogen (secondary N) is 2. The second-order valence-corrected chi connectivity index (χ2v) is 9.05. The number of hydrogen-bond acceptors (Lipinski definition) is 6. The van der Waals surface area contributed by atoms with Crippen molar-refractivity contribution in [3.63, 3.8) is 0 Å².